The molecule has 6 rings (SSSR count). The average molecular weight is 630 g/mol. The molecule has 2 saturated heterocycles. The Balaban J connectivity index is 1.32. The van der Waals surface area contributed by atoms with E-state index in [-0.39, 0.29) is 11.7 Å². The van der Waals surface area contributed by atoms with Crippen LogP contribution >= 0.6 is 0 Å². The molecular weight excluding hydrogens is 593 g/mol. The van der Waals surface area contributed by atoms with Crippen LogP contribution in [0.2, 0.25) is 0 Å². The topological polar surface area (TPSA) is 151 Å². The number of aliphatic hydroxyl groups excluding tert-OH is 5. The monoisotopic (exact) mass is 629 g/mol. The Morgan fingerprint density at radius 2 is 1.57 bits per heavy atom. The van der Waals surface area contributed by atoms with Crippen LogP contribution in [-0.4, -0.2) is 67.6 Å². The maximum atomic E-state index is 14.2. The van der Waals surface area contributed by atoms with Crippen LogP contribution < -0.4 is 4.90 Å². The highest BCUT2D eigenvalue weighted by molar-refractivity contribution is 6.03. The predicted molar refractivity (Wildman–Crippen MR) is 167 cm³/mol. The molecule has 10 heteroatoms. The molecule has 6 N–H and O–H groups in total. The van der Waals surface area contributed by atoms with Gasteiger partial charge in [-0.15, -0.1) is 0 Å². The molecule has 2 fully saturated rings. The SMILES string of the molecule is O=C1[C@H](CC[C@H](O)c2ccccc2)[C@@H](c2ccc(-c3ccccc3[C@@H]3O[C@H](CO)[C@@H](O)[C@H](O)[C@H]3O)c(O)c2)N1c1cccc(F)c1. The molecule has 2 heterocycles. The first kappa shape index (κ1) is 31.8. The predicted octanol–water partition coefficient (Wildman–Crippen LogP) is 3.93. The van der Waals surface area contributed by atoms with Crippen molar-refractivity contribution in [2.45, 2.75) is 55.5 Å². The van der Waals surface area contributed by atoms with Crippen molar-refractivity contribution in [1.29, 1.82) is 0 Å². The van der Waals surface area contributed by atoms with E-state index >= 15 is 0 Å². The Morgan fingerprint density at radius 1 is 0.826 bits per heavy atom. The number of nitrogens with zero attached hydrogens (tertiary/aromatic N) is 1. The normalized spacial score (nSPS) is 26.9. The van der Waals surface area contributed by atoms with Crippen molar-refractivity contribution >= 4 is 11.6 Å². The number of ether oxygens (including phenoxy) is 1. The van der Waals surface area contributed by atoms with Gasteiger partial charge >= 0.3 is 0 Å². The van der Waals surface area contributed by atoms with Gasteiger partial charge in [-0.1, -0.05) is 72.8 Å². The van der Waals surface area contributed by atoms with E-state index in [2.05, 4.69) is 0 Å². The molecule has 2 aliphatic rings. The van der Waals surface area contributed by atoms with Gasteiger partial charge in [-0.3, -0.25) is 4.79 Å². The number of hydrogen-bond donors (Lipinski definition) is 6. The molecular formula is C36H36FNO8. The number of phenols is 1. The molecule has 9 nitrogen and oxygen atoms in total. The fraction of sp³-hybridized carbons (Fsp3) is 0.306. The number of benzene rings is 4. The second kappa shape index (κ2) is 13.3. The minimum absolute atomic E-state index is 0.129. The lowest BCUT2D eigenvalue weighted by molar-refractivity contribution is -0.231. The summed E-state index contributed by atoms with van der Waals surface area (Å²) in [6, 6.07) is 26.2. The highest BCUT2D eigenvalue weighted by Crippen LogP contribution is 2.48. The Morgan fingerprint density at radius 3 is 2.28 bits per heavy atom. The van der Waals surface area contributed by atoms with Gasteiger partial charge in [-0.25, -0.2) is 4.39 Å². The summed E-state index contributed by atoms with van der Waals surface area (Å²) in [5.74, 6) is -1.37. The molecule has 0 bridgehead atoms. The lowest BCUT2D eigenvalue weighted by Crippen LogP contribution is -2.55. The Labute approximate surface area is 265 Å². The molecule has 0 radical (unpaired) electrons. The van der Waals surface area contributed by atoms with Crippen molar-refractivity contribution in [1.82, 2.24) is 0 Å². The number of phenolic OH excluding ortho intramolecular Hbond substituents is 1. The molecule has 0 unspecified atom stereocenters. The van der Waals surface area contributed by atoms with Gasteiger partial charge in [0.25, 0.3) is 0 Å². The van der Waals surface area contributed by atoms with E-state index in [0.29, 0.717) is 40.8 Å². The quantitative estimate of drug-likeness (QED) is 0.153. The molecule has 0 aliphatic carbocycles. The third-order valence-corrected chi connectivity index (χ3v) is 9.05. The van der Waals surface area contributed by atoms with Crippen LogP contribution in [0.5, 0.6) is 5.75 Å². The van der Waals surface area contributed by atoms with Crippen molar-refractivity contribution < 1.29 is 44.6 Å². The molecule has 0 saturated carbocycles. The molecule has 46 heavy (non-hydrogen) atoms. The highest BCUT2D eigenvalue weighted by Gasteiger charge is 2.49. The highest BCUT2D eigenvalue weighted by atomic mass is 19.1. The molecule has 4 aromatic rings. The van der Waals surface area contributed by atoms with Crippen LogP contribution in [0.3, 0.4) is 0 Å². The van der Waals surface area contributed by atoms with E-state index < -0.39 is 61.0 Å². The summed E-state index contributed by atoms with van der Waals surface area (Å²) in [5.41, 5.74) is 3.03. The number of carbonyl (C=O) groups excluding carboxylic acids is 1. The molecule has 240 valence electrons. The molecule has 1 amide bonds. The summed E-state index contributed by atoms with van der Waals surface area (Å²) in [5, 5.41) is 63.3. The van der Waals surface area contributed by atoms with Crippen LogP contribution in [-0.2, 0) is 9.53 Å². The fourth-order valence-corrected chi connectivity index (χ4v) is 6.61. The van der Waals surface area contributed by atoms with Gasteiger partial charge in [0, 0.05) is 11.3 Å². The molecule has 4 aromatic carbocycles. The number of amides is 1. The standard InChI is InChI=1S/C36H36FNO8/c37-22-9-6-10-23(18-22)38-31(27(36(38)45)15-16-28(40)20-7-2-1-3-8-20)21-13-14-25(29(41)17-21)24-11-4-5-12-26(24)35-34(44)33(43)32(42)30(19-39)46-35/h1-14,17-18,27-28,30-35,39-44H,15-16,19H2/t27-,28+,30-,31-,32-,33+,34-,35+/m1/s1. The van der Waals surface area contributed by atoms with Crippen molar-refractivity contribution in [3.05, 3.63) is 120 Å². The number of β-lactam (4-membered cyclic amide) rings is 1. The molecule has 0 aromatic heterocycles. The number of halogens is 1. The van der Waals surface area contributed by atoms with Crippen molar-refractivity contribution in [2.75, 3.05) is 11.5 Å². The number of aromatic hydroxyl groups is 1. The number of aliphatic hydroxyl groups is 5. The summed E-state index contributed by atoms with van der Waals surface area (Å²) in [4.78, 5) is 15.0. The second-order valence-corrected chi connectivity index (χ2v) is 11.9. The summed E-state index contributed by atoms with van der Waals surface area (Å²) in [6.45, 7) is -0.574. The Kier molecular flexibility index (Phi) is 9.19. The first-order valence-electron chi connectivity index (χ1n) is 15.2. The molecule has 0 spiro atoms. The first-order chi connectivity index (χ1) is 22.2. The van der Waals surface area contributed by atoms with E-state index in [9.17, 15) is 39.8 Å². The summed E-state index contributed by atoms with van der Waals surface area (Å²) in [6.07, 6.45) is -6.89. The van der Waals surface area contributed by atoms with Gasteiger partial charge in [0.2, 0.25) is 5.91 Å². The van der Waals surface area contributed by atoms with Gasteiger partial charge in [-0.2, -0.15) is 0 Å². The van der Waals surface area contributed by atoms with Crippen molar-refractivity contribution in [2.24, 2.45) is 5.92 Å². The largest absolute Gasteiger partial charge is 0.507 e. The zero-order chi connectivity index (χ0) is 32.5. The van der Waals surface area contributed by atoms with Gasteiger partial charge in [0.1, 0.15) is 42.1 Å². The summed E-state index contributed by atoms with van der Waals surface area (Å²) >= 11 is 0. The maximum Gasteiger partial charge on any atom is 0.233 e. The smallest absolute Gasteiger partial charge is 0.233 e. The number of rotatable bonds is 9. The van der Waals surface area contributed by atoms with E-state index in [0.717, 1.165) is 5.56 Å². The lowest BCUT2D eigenvalue weighted by Gasteiger charge is -2.48. The Hall–Kier alpha value is -4.16. The zero-order valence-electron chi connectivity index (χ0n) is 24.8. The van der Waals surface area contributed by atoms with E-state index in [1.807, 2.05) is 30.3 Å². The average Bonchev–Trinajstić information content (AvgIpc) is 3.06. The van der Waals surface area contributed by atoms with E-state index in [1.165, 1.54) is 23.1 Å². The van der Waals surface area contributed by atoms with E-state index in [1.54, 1.807) is 48.5 Å². The van der Waals surface area contributed by atoms with Crippen molar-refractivity contribution in [3.8, 4) is 16.9 Å². The third kappa shape index (κ3) is 5.91. The van der Waals surface area contributed by atoms with Gasteiger partial charge in [0.05, 0.1) is 24.7 Å². The van der Waals surface area contributed by atoms with E-state index in [4.69, 9.17) is 4.74 Å². The summed E-state index contributed by atoms with van der Waals surface area (Å²) in [7, 11) is 0. The lowest BCUT2D eigenvalue weighted by atomic mass is 9.77. The van der Waals surface area contributed by atoms with Crippen molar-refractivity contribution in [3.63, 3.8) is 0 Å². The van der Waals surface area contributed by atoms with Crippen LogP contribution in [0.15, 0.2) is 97.1 Å². The van der Waals surface area contributed by atoms with Gasteiger partial charge in [0.15, 0.2) is 0 Å². The van der Waals surface area contributed by atoms with Crippen LogP contribution in [0.4, 0.5) is 10.1 Å². The number of carbonyl (C=O) groups is 1. The summed E-state index contributed by atoms with van der Waals surface area (Å²) < 4.78 is 20.0. The number of hydrogen-bond acceptors (Lipinski definition) is 8. The Bertz CT molecular complexity index is 1680. The number of anilines is 1. The second-order valence-electron chi connectivity index (χ2n) is 11.9. The fourth-order valence-electron chi connectivity index (χ4n) is 6.61. The minimum Gasteiger partial charge on any atom is -0.507 e. The third-order valence-electron chi connectivity index (χ3n) is 9.05. The van der Waals surface area contributed by atoms with Crippen LogP contribution in [0.1, 0.15) is 47.8 Å². The van der Waals surface area contributed by atoms with Crippen LogP contribution in [0.25, 0.3) is 11.1 Å². The van der Waals surface area contributed by atoms with Crippen LogP contribution in [0, 0.1) is 11.7 Å². The molecule has 8 atom stereocenters. The maximum absolute atomic E-state index is 14.2. The van der Waals surface area contributed by atoms with Gasteiger partial charge in [-0.05, 0) is 59.4 Å². The zero-order valence-corrected chi connectivity index (χ0v) is 24.8. The first-order valence-corrected chi connectivity index (χ1v) is 15.2. The van der Waals surface area contributed by atoms with Gasteiger partial charge < -0.3 is 40.3 Å². The minimum atomic E-state index is -1.57. The molecule has 2 aliphatic heterocycles.